The lowest BCUT2D eigenvalue weighted by atomic mass is 10.0. The summed E-state index contributed by atoms with van der Waals surface area (Å²) in [4.78, 5) is 14.1. The van der Waals surface area contributed by atoms with Crippen LogP contribution in [-0.4, -0.2) is 44.0 Å². The molecule has 2 rings (SSSR count). The summed E-state index contributed by atoms with van der Waals surface area (Å²) < 4.78 is 18.5. The molecular weight excluding hydrogens is 257 g/mol. The SMILES string of the molecule is CN(CCC(=O)c1cccc(F)c1)CC1CCCOC1. The molecule has 1 saturated heterocycles. The lowest BCUT2D eigenvalue weighted by Gasteiger charge is -2.26. The highest BCUT2D eigenvalue weighted by Crippen LogP contribution is 2.14. The van der Waals surface area contributed by atoms with Crippen molar-refractivity contribution in [3.63, 3.8) is 0 Å². The third kappa shape index (κ3) is 4.69. The summed E-state index contributed by atoms with van der Waals surface area (Å²) in [6.45, 7) is 3.35. The summed E-state index contributed by atoms with van der Waals surface area (Å²) in [5, 5.41) is 0. The van der Waals surface area contributed by atoms with Crippen LogP contribution in [0.3, 0.4) is 0 Å². The molecule has 1 heterocycles. The fourth-order valence-corrected chi connectivity index (χ4v) is 2.58. The molecule has 1 atom stereocenters. The van der Waals surface area contributed by atoms with Gasteiger partial charge in [0.1, 0.15) is 5.82 Å². The van der Waals surface area contributed by atoms with E-state index in [0.29, 0.717) is 24.4 Å². The smallest absolute Gasteiger partial charge is 0.164 e. The zero-order valence-electron chi connectivity index (χ0n) is 12.0. The van der Waals surface area contributed by atoms with Crippen LogP contribution in [0.15, 0.2) is 24.3 Å². The van der Waals surface area contributed by atoms with E-state index in [-0.39, 0.29) is 11.6 Å². The van der Waals surface area contributed by atoms with Gasteiger partial charge in [0.2, 0.25) is 0 Å². The Balaban J connectivity index is 1.75. The van der Waals surface area contributed by atoms with E-state index in [0.717, 1.165) is 26.2 Å². The second-order valence-electron chi connectivity index (χ2n) is 5.53. The van der Waals surface area contributed by atoms with Crippen LogP contribution in [0, 0.1) is 11.7 Å². The maximum absolute atomic E-state index is 13.1. The molecule has 4 heteroatoms. The third-order valence-electron chi connectivity index (χ3n) is 3.69. The molecule has 0 aliphatic carbocycles. The number of nitrogens with zero attached hydrogens (tertiary/aromatic N) is 1. The Morgan fingerprint density at radius 1 is 1.50 bits per heavy atom. The van der Waals surface area contributed by atoms with Crippen LogP contribution in [0.5, 0.6) is 0 Å². The van der Waals surface area contributed by atoms with Gasteiger partial charge in [-0.1, -0.05) is 12.1 Å². The Labute approximate surface area is 119 Å². The number of halogens is 1. The number of ketones is 1. The molecule has 0 aromatic heterocycles. The van der Waals surface area contributed by atoms with Gasteiger partial charge in [0, 0.05) is 31.7 Å². The zero-order valence-corrected chi connectivity index (χ0v) is 12.0. The molecule has 1 unspecified atom stereocenters. The molecule has 0 radical (unpaired) electrons. The van der Waals surface area contributed by atoms with Crippen molar-refractivity contribution >= 4 is 5.78 Å². The molecule has 3 nitrogen and oxygen atoms in total. The number of carbonyl (C=O) groups excluding carboxylic acids is 1. The quantitative estimate of drug-likeness (QED) is 0.750. The average molecular weight is 279 g/mol. The van der Waals surface area contributed by atoms with Crippen molar-refractivity contribution in [1.29, 1.82) is 0 Å². The first-order valence-corrected chi connectivity index (χ1v) is 7.20. The molecule has 110 valence electrons. The van der Waals surface area contributed by atoms with E-state index < -0.39 is 0 Å². The van der Waals surface area contributed by atoms with Crippen LogP contribution < -0.4 is 0 Å². The first-order valence-electron chi connectivity index (χ1n) is 7.20. The topological polar surface area (TPSA) is 29.5 Å². The predicted octanol–water partition coefficient (Wildman–Crippen LogP) is 2.76. The number of hydrogen-bond donors (Lipinski definition) is 0. The van der Waals surface area contributed by atoms with E-state index in [9.17, 15) is 9.18 Å². The van der Waals surface area contributed by atoms with Crippen molar-refractivity contribution in [3.05, 3.63) is 35.6 Å². The summed E-state index contributed by atoms with van der Waals surface area (Å²) in [6.07, 6.45) is 2.75. The van der Waals surface area contributed by atoms with E-state index in [1.165, 1.54) is 18.6 Å². The normalized spacial score (nSPS) is 19.2. The van der Waals surface area contributed by atoms with Crippen molar-refractivity contribution in [2.24, 2.45) is 5.92 Å². The Morgan fingerprint density at radius 2 is 2.35 bits per heavy atom. The summed E-state index contributed by atoms with van der Waals surface area (Å²) in [5.41, 5.74) is 0.458. The van der Waals surface area contributed by atoms with Crippen molar-refractivity contribution < 1.29 is 13.9 Å². The van der Waals surface area contributed by atoms with Gasteiger partial charge < -0.3 is 9.64 Å². The lowest BCUT2D eigenvalue weighted by Crippen LogP contribution is -2.32. The number of rotatable bonds is 6. The molecule has 0 N–H and O–H groups in total. The second kappa shape index (κ2) is 7.50. The van der Waals surface area contributed by atoms with Crippen LogP contribution in [-0.2, 0) is 4.74 Å². The summed E-state index contributed by atoms with van der Waals surface area (Å²) in [6, 6.07) is 5.90. The molecule has 0 bridgehead atoms. The molecule has 1 aromatic carbocycles. The highest BCUT2D eigenvalue weighted by Gasteiger charge is 2.16. The Hall–Kier alpha value is -1.26. The minimum absolute atomic E-state index is 0.00348. The Morgan fingerprint density at radius 3 is 3.05 bits per heavy atom. The summed E-state index contributed by atoms with van der Waals surface area (Å²) in [7, 11) is 2.02. The minimum Gasteiger partial charge on any atom is -0.381 e. The van der Waals surface area contributed by atoms with Crippen LogP contribution >= 0.6 is 0 Å². The number of benzene rings is 1. The summed E-state index contributed by atoms with van der Waals surface area (Å²) in [5.74, 6) is 0.206. The standard InChI is InChI=1S/C16H22FNO2/c1-18(11-13-4-3-9-20-12-13)8-7-16(19)14-5-2-6-15(17)10-14/h2,5-6,10,13H,3-4,7-9,11-12H2,1H3. The van der Waals surface area contributed by atoms with Gasteiger partial charge in [-0.25, -0.2) is 4.39 Å². The molecular formula is C16H22FNO2. The lowest BCUT2D eigenvalue weighted by molar-refractivity contribution is 0.0418. The van der Waals surface area contributed by atoms with Crippen molar-refractivity contribution in [1.82, 2.24) is 4.90 Å². The average Bonchev–Trinajstić information content (AvgIpc) is 2.46. The first-order chi connectivity index (χ1) is 9.65. The molecule has 1 fully saturated rings. The van der Waals surface area contributed by atoms with Gasteiger partial charge in [0.25, 0.3) is 0 Å². The maximum atomic E-state index is 13.1. The van der Waals surface area contributed by atoms with E-state index in [2.05, 4.69) is 4.90 Å². The Bertz CT molecular complexity index is 444. The molecule has 1 aromatic rings. The van der Waals surface area contributed by atoms with Gasteiger partial charge in [0.15, 0.2) is 5.78 Å². The molecule has 0 spiro atoms. The van der Waals surface area contributed by atoms with Crippen molar-refractivity contribution in [2.45, 2.75) is 19.3 Å². The van der Waals surface area contributed by atoms with Crippen LogP contribution in [0.1, 0.15) is 29.6 Å². The zero-order chi connectivity index (χ0) is 14.4. The largest absolute Gasteiger partial charge is 0.381 e. The van der Waals surface area contributed by atoms with Crippen LogP contribution in [0.2, 0.25) is 0 Å². The van der Waals surface area contributed by atoms with Crippen LogP contribution in [0.25, 0.3) is 0 Å². The third-order valence-corrected chi connectivity index (χ3v) is 3.69. The van der Waals surface area contributed by atoms with E-state index in [4.69, 9.17) is 4.74 Å². The number of Topliss-reactive ketones (excluding diaryl/α,β-unsaturated/α-hetero) is 1. The van der Waals surface area contributed by atoms with Crippen molar-refractivity contribution in [3.8, 4) is 0 Å². The highest BCUT2D eigenvalue weighted by molar-refractivity contribution is 5.96. The van der Waals surface area contributed by atoms with Gasteiger partial charge in [-0.3, -0.25) is 4.79 Å². The van der Waals surface area contributed by atoms with Crippen molar-refractivity contribution in [2.75, 3.05) is 33.4 Å². The Kier molecular flexibility index (Phi) is 5.68. The molecule has 20 heavy (non-hydrogen) atoms. The monoisotopic (exact) mass is 279 g/mol. The number of ether oxygens (including phenoxy) is 1. The molecule has 0 saturated carbocycles. The van der Waals surface area contributed by atoms with E-state index >= 15 is 0 Å². The highest BCUT2D eigenvalue weighted by atomic mass is 19.1. The number of carbonyl (C=O) groups is 1. The molecule has 0 amide bonds. The number of hydrogen-bond acceptors (Lipinski definition) is 3. The van der Waals surface area contributed by atoms with Gasteiger partial charge in [-0.2, -0.15) is 0 Å². The fourth-order valence-electron chi connectivity index (χ4n) is 2.58. The second-order valence-corrected chi connectivity index (χ2v) is 5.53. The van der Waals surface area contributed by atoms with Gasteiger partial charge in [-0.15, -0.1) is 0 Å². The first kappa shape index (κ1) is 15.1. The van der Waals surface area contributed by atoms with E-state index in [1.54, 1.807) is 12.1 Å². The van der Waals surface area contributed by atoms with Gasteiger partial charge in [0.05, 0.1) is 6.61 Å². The van der Waals surface area contributed by atoms with Gasteiger partial charge >= 0.3 is 0 Å². The fraction of sp³-hybridized carbons (Fsp3) is 0.562. The predicted molar refractivity (Wildman–Crippen MR) is 76.4 cm³/mol. The molecule has 1 aliphatic heterocycles. The maximum Gasteiger partial charge on any atom is 0.164 e. The molecule has 1 aliphatic rings. The van der Waals surface area contributed by atoms with E-state index in [1.807, 2.05) is 7.05 Å². The van der Waals surface area contributed by atoms with Crippen LogP contribution in [0.4, 0.5) is 4.39 Å². The van der Waals surface area contributed by atoms with Gasteiger partial charge in [-0.05, 0) is 37.9 Å². The minimum atomic E-state index is -0.358. The summed E-state index contributed by atoms with van der Waals surface area (Å²) >= 11 is 0.